The fraction of sp³-hybridized carbons (Fsp3) is 0.250. The molecule has 0 spiro atoms. The molecule has 2 rings (SSSR count). The standard InChI is InChI=1S/C12H14N4O2/c1-2-8-5-3-4-6-9(8)7-13-10-11(17)14-12(18)16-15-10/h3-6H,2,7H2,1H3,(H,13,15)(H2,14,16,17,18). The zero-order valence-corrected chi connectivity index (χ0v) is 9.99. The molecule has 0 atom stereocenters. The van der Waals surface area contributed by atoms with Gasteiger partial charge in [-0.2, -0.15) is 0 Å². The lowest BCUT2D eigenvalue weighted by Crippen LogP contribution is -2.26. The van der Waals surface area contributed by atoms with Gasteiger partial charge in [-0.25, -0.2) is 9.89 Å². The maximum absolute atomic E-state index is 11.4. The van der Waals surface area contributed by atoms with E-state index >= 15 is 0 Å². The van der Waals surface area contributed by atoms with Crippen LogP contribution in [0.2, 0.25) is 0 Å². The number of H-pyrrole nitrogens is 2. The summed E-state index contributed by atoms with van der Waals surface area (Å²) in [6.45, 7) is 2.57. The Labute approximate surface area is 103 Å². The first-order valence-corrected chi connectivity index (χ1v) is 5.70. The molecule has 0 amide bonds. The van der Waals surface area contributed by atoms with E-state index in [1.807, 2.05) is 24.3 Å². The summed E-state index contributed by atoms with van der Waals surface area (Å²) in [5, 5.41) is 8.74. The Morgan fingerprint density at radius 1 is 1.22 bits per heavy atom. The third-order valence-electron chi connectivity index (χ3n) is 2.66. The van der Waals surface area contributed by atoms with Crippen LogP contribution >= 0.6 is 0 Å². The Kier molecular flexibility index (Phi) is 3.57. The predicted octanol–water partition coefficient (Wildman–Crippen LogP) is 0.633. The number of benzene rings is 1. The first kappa shape index (κ1) is 12.1. The van der Waals surface area contributed by atoms with Crippen LogP contribution in [0, 0.1) is 0 Å². The third kappa shape index (κ3) is 2.65. The molecule has 1 aromatic carbocycles. The predicted molar refractivity (Wildman–Crippen MR) is 68.6 cm³/mol. The van der Waals surface area contributed by atoms with E-state index in [2.05, 4.69) is 27.4 Å². The summed E-state index contributed by atoms with van der Waals surface area (Å²) < 4.78 is 0. The molecule has 94 valence electrons. The van der Waals surface area contributed by atoms with Crippen molar-refractivity contribution in [3.8, 4) is 0 Å². The van der Waals surface area contributed by atoms with Gasteiger partial charge in [0.15, 0.2) is 0 Å². The van der Waals surface area contributed by atoms with Crippen molar-refractivity contribution in [3.05, 3.63) is 56.2 Å². The number of nitrogens with zero attached hydrogens (tertiary/aromatic N) is 1. The van der Waals surface area contributed by atoms with Gasteiger partial charge >= 0.3 is 5.69 Å². The van der Waals surface area contributed by atoms with Crippen LogP contribution in [-0.2, 0) is 13.0 Å². The average Bonchev–Trinajstić information content (AvgIpc) is 2.38. The van der Waals surface area contributed by atoms with Gasteiger partial charge in [0.1, 0.15) is 0 Å². The van der Waals surface area contributed by atoms with E-state index in [1.165, 1.54) is 5.56 Å². The highest BCUT2D eigenvalue weighted by molar-refractivity contribution is 5.34. The second kappa shape index (κ2) is 5.31. The molecule has 0 saturated carbocycles. The minimum atomic E-state index is -0.612. The van der Waals surface area contributed by atoms with Gasteiger partial charge in [-0.05, 0) is 17.5 Å². The van der Waals surface area contributed by atoms with Crippen LogP contribution < -0.4 is 16.6 Å². The molecule has 18 heavy (non-hydrogen) atoms. The van der Waals surface area contributed by atoms with E-state index in [4.69, 9.17) is 0 Å². The molecule has 6 nitrogen and oxygen atoms in total. The monoisotopic (exact) mass is 246 g/mol. The molecular formula is C12H14N4O2. The van der Waals surface area contributed by atoms with E-state index < -0.39 is 11.2 Å². The second-order valence-electron chi connectivity index (χ2n) is 3.83. The largest absolute Gasteiger partial charge is 0.360 e. The Hall–Kier alpha value is -2.37. The summed E-state index contributed by atoms with van der Waals surface area (Å²) in [5.74, 6) is 0.112. The van der Waals surface area contributed by atoms with Crippen molar-refractivity contribution in [2.24, 2.45) is 0 Å². The first-order chi connectivity index (χ1) is 8.70. The summed E-state index contributed by atoms with van der Waals surface area (Å²) in [7, 11) is 0. The Morgan fingerprint density at radius 2 is 1.94 bits per heavy atom. The molecule has 3 N–H and O–H groups in total. The zero-order chi connectivity index (χ0) is 13.0. The molecule has 0 saturated heterocycles. The molecule has 0 radical (unpaired) electrons. The summed E-state index contributed by atoms with van der Waals surface area (Å²) >= 11 is 0. The molecule has 1 heterocycles. The van der Waals surface area contributed by atoms with E-state index in [9.17, 15) is 9.59 Å². The van der Waals surface area contributed by atoms with Crippen molar-refractivity contribution in [1.29, 1.82) is 0 Å². The van der Waals surface area contributed by atoms with Gasteiger partial charge < -0.3 is 5.32 Å². The number of anilines is 1. The lowest BCUT2D eigenvalue weighted by Gasteiger charge is -2.08. The smallest absolute Gasteiger partial charge is 0.342 e. The molecule has 1 aromatic heterocycles. The number of hydrogen-bond acceptors (Lipinski definition) is 4. The Morgan fingerprint density at radius 3 is 2.61 bits per heavy atom. The summed E-state index contributed by atoms with van der Waals surface area (Å²) in [5.41, 5.74) is 1.19. The number of aryl methyl sites for hydroxylation is 1. The van der Waals surface area contributed by atoms with Crippen LogP contribution in [0.3, 0.4) is 0 Å². The minimum Gasteiger partial charge on any atom is -0.360 e. The fourth-order valence-corrected chi connectivity index (χ4v) is 1.72. The molecule has 2 aromatic rings. The van der Waals surface area contributed by atoms with Crippen molar-refractivity contribution < 1.29 is 0 Å². The molecule has 6 heteroatoms. The van der Waals surface area contributed by atoms with Crippen LogP contribution in [-0.4, -0.2) is 15.2 Å². The molecule has 0 unspecified atom stereocenters. The fourth-order valence-electron chi connectivity index (χ4n) is 1.72. The molecular weight excluding hydrogens is 232 g/mol. The van der Waals surface area contributed by atoms with Gasteiger partial charge in [-0.15, -0.1) is 5.10 Å². The van der Waals surface area contributed by atoms with Gasteiger partial charge in [0.05, 0.1) is 0 Å². The molecule has 0 fully saturated rings. The molecule has 0 aliphatic carbocycles. The van der Waals surface area contributed by atoms with E-state index in [-0.39, 0.29) is 5.82 Å². The van der Waals surface area contributed by atoms with Crippen molar-refractivity contribution in [2.45, 2.75) is 19.9 Å². The maximum Gasteiger partial charge on any atom is 0.342 e. The lowest BCUT2D eigenvalue weighted by atomic mass is 10.1. The Balaban J connectivity index is 2.16. The van der Waals surface area contributed by atoms with E-state index in [0.29, 0.717) is 6.54 Å². The van der Waals surface area contributed by atoms with Crippen molar-refractivity contribution in [3.63, 3.8) is 0 Å². The number of rotatable bonds is 4. The highest BCUT2D eigenvalue weighted by Crippen LogP contribution is 2.10. The molecule has 0 bridgehead atoms. The molecule has 0 aliphatic heterocycles. The van der Waals surface area contributed by atoms with Crippen molar-refractivity contribution in [1.82, 2.24) is 15.2 Å². The van der Waals surface area contributed by atoms with Crippen LogP contribution in [0.4, 0.5) is 5.82 Å². The van der Waals surface area contributed by atoms with Crippen LogP contribution in [0.15, 0.2) is 33.9 Å². The van der Waals surface area contributed by atoms with E-state index in [0.717, 1.165) is 12.0 Å². The minimum absolute atomic E-state index is 0.112. The number of hydrogen-bond donors (Lipinski definition) is 3. The summed E-state index contributed by atoms with van der Waals surface area (Å²) in [6, 6.07) is 7.96. The van der Waals surface area contributed by atoms with Gasteiger partial charge in [0.25, 0.3) is 5.56 Å². The number of aromatic amines is 2. The quantitative estimate of drug-likeness (QED) is 0.738. The average molecular weight is 246 g/mol. The summed E-state index contributed by atoms with van der Waals surface area (Å²) in [4.78, 5) is 24.3. The lowest BCUT2D eigenvalue weighted by molar-refractivity contribution is 0.880. The highest BCUT2D eigenvalue weighted by atomic mass is 16.2. The SMILES string of the molecule is CCc1ccccc1CNc1n[nH]c(=O)[nH]c1=O. The maximum atomic E-state index is 11.4. The van der Waals surface area contributed by atoms with Gasteiger partial charge in [-0.1, -0.05) is 31.2 Å². The van der Waals surface area contributed by atoms with Gasteiger partial charge in [0.2, 0.25) is 5.82 Å². The summed E-state index contributed by atoms with van der Waals surface area (Å²) in [6.07, 6.45) is 0.924. The van der Waals surface area contributed by atoms with Crippen molar-refractivity contribution >= 4 is 5.82 Å². The van der Waals surface area contributed by atoms with Gasteiger partial charge in [-0.3, -0.25) is 9.78 Å². The van der Waals surface area contributed by atoms with E-state index in [1.54, 1.807) is 0 Å². The van der Waals surface area contributed by atoms with Crippen LogP contribution in [0.5, 0.6) is 0 Å². The van der Waals surface area contributed by atoms with Crippen LogP contribution in [0.25, 0.3) is 0 Å². The molecule has 0 aliphatic rings. The van der Waals surface area contributed by atoms with Crippen LogP contribution in [0.1, 0.15) is 18.1 Å². The zero-order valence-electron chi connectivity index (χ0n) is 9.99. The third-order valence-corrected chi connectivity index (χ3v) is 2.66. The van der Waals surface area contributed by atoms with Crippen molar-refractivity contribution in [2.75, 3.05) is 5.32 Å². The first-order valence-electron chi connectivity index (χ1n) is 5.70. The van der Waals surface area contributed by atoms with Gasteiger partial charge in [0, 0.05) is 6.54 Å². The number of aromatic nitrogens is 3. The normalized spacial score (nSPS) is 10.3. The second-order valence-corrected chi connectivity index (χ2v) is 3.83. The Bertz CT molecular complexity index is 645. The highest BCUT2D eigenvalue weighted by Gasteiger charge is 2.03. The topological polar surface area (TPSA) is 90.6 Å². The number of nitrogens with one attached hydrogen (secondary N) is 3.